The largest absolute Gasteiger partial charge is 0.379 e. The molecule has 0 spiro atoms. The molecule has 29 heavy (non-hydrogen) atoms. The number of imidazole rings is 1. The summed E-state index contributed by atoms with van der Waals surface area (Å²) in [6.07, 6.45) is 0.948. The van der Waals surface area contributed by atoms with Crippen molar-refractivity contribution in [2.24, 2.45) is 0 Å². The number of carbonyl (C=O) groups is 1. The Morgan fingerprint density at radius 3 is 2.34 bits per heavy atom. The Kier molecular flexibility index (Phi) is 7.09. The number of amides is 1. The first-order chi connectivity index (χ1) is 13.9. The van der Waals surface area contributed by atoms with Crippen molar-refractivity contribution >= 4 is 27.0 Å². The van der Waals surface area contributed by atoms with Gasteiger partial charge in [-0.15, -0.1) is 0 Å². The molecule has 1 aromatic carbocycles. The van der Waals surface area contributed by atoms with Crippen molar-refractivity contribution in [3.8, 4) is 0 Å². The van der Waals surface area contributed by atoms with Gasteiger partial charge in [-0.1, -0.05) is 19.1 Å². The molecular formula is C19H28N4O5S. The molecule has 9 nitrogen and oxygen atoms in total. The molecule has 0 bridgehead atoms. The minimum absolute atomic E-state index is 0.0466. The van der Waals surface area contributed by atoms with E-state index in [1.54, 1.807) is 9.13 Å². The molecule has 160 valence electrons. The van der Waals surface area contributed by atoms with E-state index in [0.29, 0.717) is 32.8 Å². The van der Waals surface area contributed by atoms with Gasteiger partial charge in [0, 0.05) is 39.1 Å². The Morgan fingerprint density at radius 2 is 1.72 bits per heavy atom. The van der Waals surface area contributed by atoms with E-state index in [0.717, 1.165) is 17.5 Å². The van der Waals surface area contributed by atoms with E-state index in [1.165, 1.54) is 4.31 Å². The van der Waals surface area contributed by atoms with E-state index < -0.39 is 10.0 Å². The molecule has 0 atom stereocenters. The van der Waals surface area contributed by atoms with Crippen molar-refractivity contribution < 1.29 is 17.9 Å². The van der Waals surface area contributed by atoms with E-state index in [9.17, 15) is 18.0 Å². The summed E-state index contributed by atoms with van der Waals surface area (Å²) < 4.78 is 34.4. The number of benzene rings is 1. The maximum atomic E-state index is 12.7. The highest BCUT2D eigenvalue weighted by molar-refractivity contribution is 7.89. The molecule has 0 aliphatic carbocycles. The lowest BCUT2D eigenvalue weighted by atomic mass is 10.3. The highest BCUT2D eigenvalue weighted by Crippen LogP contribution is 2.13. The molecule has 2 heterocycles. The zero-order chi connectivity index (χ0) is 20.9. The van der Waals surface area contributed by atoms with Crippen LogP contribution in [0.3, 0.4) is 0 Å². The number of hydrogen-bond acceptors (Lipinski definition) is 5. The molecule has 1 amide bonds. The predicted molar refractivity (Wildman–Crippen MR) is 110 cm³/mol. The molecular weight excluding hydrogens is 396 g/mol. The number of nitrogens with zero attached hydrogens (tertiary/aromatic N) is 3. The number of rotatable bonds is 9. The van der Waals surface area contributed by atoms with E-state index in [4.69, 9.17) is 4.74 Å². The lowest BCUT2D eigenvalue weighted by Crippen LogP contribution is -2.43. The Labute approximate surface area is 170 Å². The van der Waals surface area contributed by atoms with Gasteiger partial charge in [-0.3, -0.25) is 13.9 Å². The van der Waals surface area contributed by atoms with Crippen molar-refractivity contribution in [2.75, 3.05) is 38.6 Å². The van der Waals surface area contributed by atoms with Gasteiger partial charge in [0.15, 0.2) is 0 Å². The molecule has 0 radical (unpaired) electrons. The first-order valence-corrected chi connectivity index (χ1v) is 11.6. The molecule has 0 saturated carbocycles. The standard InChI is InChI=1S/C19H28N4O5S/c1-2-9-22-16-5-3-4-6-17(16)23(19(22)25)10-7-18(24)20-8-15-29(26,27)21-11-13-28-14-12-21/h3-6H,2,7-15H2,1H3,(H,20,24). The number of hydrogen-bond donors (Lipinski definition) is 1. The van der Waals surface area contributed by atoms with Gasteiger partial charge in [0.05, 0.1) is 30.0 Å². The third-order valence-electron chi connectivity index (χ3n) is 4.98. The van der Waals surface area contributed by atoms with Crippen LogP contribution in [0, 0.1) is 0 Å². The second-order valence-corrected chi connectivity index (χ2v) is 9.09. The number of carbonyl (C=O) groups excluding carboxylic acids is 1. The number of sulfonamides is 1. The van der Waals surface area contributed by atoms with Crippen LogP contribution in [0.2, 0.25) is 0 Å². The van der Waals surface area contributed by atoms with Gasteiger partial charge >= 0.3 is 5.69 Å². The fourth-order valence-electron chi connectivity index (χ4n) is 3.50. The molecule has 3 rings (SSSR count). The lowest BCUT2D eigenvalue weighted by molar-refractivity contribution is -0.121. The van der Waals surface area contributed by atoms with Gasteiger partial charge in [-0.25, -0.2) is 13.2 Å². The topological polar surface area (TPSA) is 103 Å². The molecule has 1 N–H and O–H groups in total. The SMILES string of the molecule is CCCn1c(=O)n(CCC(=O)NCCS(=O)(=O)N2CCOCC2)c2ccccc21. The average Bonchev–Trinajstić information content (AvgIpc) is 2.99. The summed E-state index contributed by atoms with van der Waals surface area (Å²) in [6.45, 7) is 4.41. The van der Waals surface area contributed by atoms with Crippen LogP contribution in [0.15, 0.2) is 29.1 Å². The quantitative estimate of drug-likeness (QED) is 0.627. The highest BCUT2D eigenvalue weighted by atomic mass is 32.2. The smallest absolute Gasteiger partial charge is 0.329 e. The van der Waals surface area contributed by atoms with Gasteiger partial charge in [-0.05, 0) is 18.6 Å². The van der Waals surface area contributed by atoms with E-state index in [2.05, 4.69) is 5.32 Å². The van der Waals surface area contributed by atoms with Crippen molar-refractivity contribution in [1.82, 2.24) is 18.8 Å². The lowest BCUT2D eigenvalue weighted by Gasteiger charge is -2.26. The first kappa shape index (κ1) is 21.5. The Morgan fingerprint density at radius 1 is 1.10 bits per heavy atom. The fraction of sp³-hybridized carbons (Fsp3) is 0.579. The second-order valence-electron chi connectivity index (χ2n) is 7.00. The third kappa shape index (κ3) is 5.06. The van der Waals surface area contributed by atoms with Gasteiger partial charge in [0.2, 0.25) is 15.9 Å². The van der Waals surface area contributed by atoms with Crippen LogP contribution >= 0.6 is 0 Å². The van der Waals surface area contributed by atoms with Gasteiger partial charge in [0.25, 0.3) is 0 Å². The molecule has 1 aromatic heterocycles. The number of nitrogens with one attached hydrogen (secondary N) is 1. The van der Waals surface area contributed by atoms with E-state index >= 15 is 0 Å². The van der Waals surface area contributed by atoms with Crippen LogP contribution in [0.5, 0.6) is 0 Å². The molecule has 1 aliphatic heterocycles. The third-order valence-corrected chi connectivity index (χ3v) is 6.85. The minimum Gasteiger partial charge on any atom is -0.379 e. The van der Waals surface area contributed by atoms with Crippen molar-refractivity contribution in [1.29, 1.82) is 0 Å². The normalized spacial score (nSPS) is 15.6. The molecule has 2 aromatic rings. The summed E-state index contributed by atoms with van der Waals surface area (Å²) in [7, 11) is -3.40. The minimum atomic E-state index is -3.40. The van der Waals surface area contributed by atoms with Crippen LogP contribution in [0.1, 0.15) is 19.8 Å². The van der Waals surface area contributed by atoms with Crippen molar-refractivity contribution in [3.05, 3.63) is 34.7 Å². The molecule has 10 heteroatoms. The highest BCUT2D eigenvalue weighted by Gasteiger charge is 2.24. The Bertz CT molecular complexity index is 1010. The Hall–Kier alpha value is -2.17. The number of morpholine rings is 1. The zero-order valence-electron chi connectivity index (χ0n) is 16.7. The fourth-order valence-corrected chi connectivity index (χ4v) is 4.83. The number of aryl methyl sites for hydroxylation is 2. The van der Waals surface area contributed by atoms with Crippen LogP contribution in [0.4, 0.5) is 0 Å². The maximum Gasteiger partial charge on any atom is 0.329 e. The summed E-state index contributed by atoms with van der Waals surface area (Å²) in [4.78, 5) is 24.9. The second kappa shape index (κ2) is 9.55. The Balaban J connectivity index is 1.56. The number of aromatic nitrogens is 2. The maximum absolute atomic E-state index is 12.7. The van der Waals surface area contributed by atoms with E-state index in [1.807, 2.05) is 31.2 Å². The number of para-hydroxylation sites is 2. The summed E-state index contributed by atoms with van der Waals surface area (Å²) in [5, 5.41) is 2.65. The van der Waals surface area contributed by atoms with Gasteiger partial charge in [0.1, 0.15) is 0 Å². The molecule has 1 aliphatic rings. The number of ether oxygens (including phenoxy) is 1. The summed E-state index contributed by atoms with van der Waals surface area (Å²) in [5.41, 5.74) is 1.53. The monoisotopic (exact) mass is 424 g/mol. The average molecular weight is 425 g/mol. The summed E-state index contributed by atoms with van der Waals surface area (Å²) in [5.74, 6) is -0.421. The number of fused-ring (bicyclic) bond motifs is 1. The summed E-state index contributed by atoms with van der Waals surface area (Å²) >= 11 is 0. The van der Waals surface area contributed by atoms with Crippen LogP contribution in [-0.4, -0.2) is 66.4 Å². The van der Waals surface area contributed by atoms with E-state index in [-0.39, 0.29) is 36.9 Å². The van der Waals surface area contributed by atoms with Crippen molar-refractivity contribution in [3.63, 3.8) is 0 Å². The first-order valence-electron chi connectivity index (χ1n) is 9.94. The van der Waals surface area contributed by atoms with Crippen molar-refractivity contribution in [2.45, 2.75) is 32.9 Å². The molecule has 1 fully saturated rings. The summed E-state index contributed by atoms with van der Waals surface area (Å²) in [6, 6.07) is 7.53. The van der Waals surface area contributed by atoms with Crippen LogP contribution in [-0.2, 0) is 32.6 Å². The predicted octanol–water partition coefficient (Wildman–Crippen LogP) is 0.381. The van der Waals surface area contributed by atoms with Gasteiger partial charge < -0.3 is 10.1 Å². The molecule has 1 saturated heterocycles. The van der Waals surface area contributed by atoms with Crippen LogP contribution in [0.25, 0.3) is 11.0 Å². The zero-order valence-corrected chi connectivity index (χ0v) is 17.5. The van der Waals surface area contributed by atoms with Crippen LogP contribution < -0.4 is 11.0 Å². The van der Waals surface area contributed by atoms with Gasteiger partial charge in [-0.2, -0.15) is 4.31 Å². The molecule has 0 unspecified atom stereocenters.